The second kappa shape index (κ2) is 5.46. The van der Waals surface area contributed by atoms with Gasteiger partial charge < -0.3 is 5.11 Å². The number of unbranched alkanes of at least 4 members (excludes halogenated alkanes) is 1. The number of hydrogen-bond acceptors (Lipinski definition) is 2. The SMILES string of the molecule is CCCCC(O)Cc1csc2ccccc12. The van der Waals surface area contributed by atoms with Crippen LogP contribution in [0.15, 0.2) is 29.6 Å². The monoisotopic (exact) mass is 234 g/mol. The van der Waals surface area contributed by atoms with E-state index in [0.717, 1.165) is 25.7 Å². The molecule has 2 heteroatoms. The summed E-state index contributed by atoms with van der Waals surface area (Å²) in [7, 11) is 0. The molecule has 0 aliphatic rings. The van der Waals surface area contributed by atoms with Crippen LogP contribution in [0.3, 0.4) is 0 Å². The molecule has 0 fully saturated rings. The zero-order chi connectivity index (χ0) is 11.4. The fourth-order valence-electron chi connectivity index (χ4n) is 1.99. The summed E-state index contributed by atoms with van der Waals surface area (Å²) in [6.45, 7) is 2.16. The molecule has 1 nitrogen and oxygen atoms in total. The molecule has 1 aromatic carbocycles. The maximum atomic E-state index is 9.92. The first-order valence-corrected chi connectivity index (χ1v) is 6.82. The van der Waals surface area contributed by atoms with Crippen molar-refractivity contribution in [2.75, 3.05) is 0 Å². The molecule has 0 saturated heterocycles. The number of hydrogen-bond donors (Lipinski definition) is 1. The van der Waals surface area contributed by atoms with E-state index < -0.39 is 0 Å². The van der Waals surface area contributed by atoms with E-state index >= 15 is 0 Å². The Morgan fingerprint density at radius 3 is 2.94 bits per heavy atom. The lowest BCUT2D eigenvalue weighted by atomic mass is 10.0. The van der Waals surface area contributed by atoms with Crippen molar-refractivity contribution in [3.63, 3.8) is 0 Å². The zero-order valence-corrected chi connectivity index (χ0v) is 10.5. The van der Waals surface area contributed by atoms with Crippen molar-refractivity contribution < 1.29 is 5.11 Å². The van der Waals surface area contributed by atoms with Crippen LogP contribution < -0.4 is 0 Å². The topological polar surface area (TPSA) is 20.2 Å². The molecule has 0 bridgehead atoms. The summed E-state index contributed by atoms with van der Waals surface area (Å²) in [6, 6.07) is 8.42. The lowest BCUT2D eigenvalue weighted by molar-refractivity contribution is 0.162. The van der Waals surface area contributed by atoms with Gasteiger partial charge in [-0.25, -0.2) is 0 Å². The summed E-state index contributed by atoms with van der Waals surface area (Å²) in [5.74, 6) is 0. The smallest absolute Gasteiger partial charge is 0.0581 e. The summed E-state index contributed by atoms with van der Waals surface area (Å²) in [4.78, 5) is 0. The second-order valence-electron chi connectivity index (χ2n) is 4.26. The summed E-state index contributed by atoms with van der Waals surface area (Å²) < 4.78 is 1.32. The van der Waals surface area contributed by atoms with Gasteiger partial charge in [-0.15, -0.1) is 11.3 Å². The number of thiophene rings is 1. The van der Waals surface area contributed by atoms with E-state index in [1.807, 2.05) is 0 Å². The van der Waals surface area contributed by atoms with E-state index in [0.29, 0.717) is 0 Å². The van der Waals surface area contributed by atoms with Gasteiger partial charge in [-0.2, -0.15) is 0 Å². The molecule has 2 rings (SSSR count). The van der Waals surface area contributed by atoms with Crippen LogP contribution in [0.2, 0.25) is 0 Å². The largest absolute Gasteiger partial charge is 0.393 e. The van der Waals surface area contributed by atoms with Crippen LogP contribution in [0.25, 0.3) is 10.1 Å². The molecule has 0 amide bonds. The fraction of sp³-hybridized carbons (Fsp3) is 0.429. The third-order valence-corrected chi connectivity index (χ3v) is 3.92. The number of benzene rings is 1. The van der Waals surface area contributed by atoms with Gasteiger partial charge in [-0.05, 0) is 35.2 Å². The van der Waals surface area contributed by atoms with Crippen molar-refractivity contribution in [3.8, 4) is 0 Å². The highest BCUT2D eigenvalue weighted by molar-refractivity contribution is 7.17. The van der Waals surface area contributed by atoms with Gasteiger partial charge in [0.2, 0.25) is 0 Å². The van der Waals surface area contributed by atoms with E-state index in [1.165, 1.54) is 15.6 Å². The highest BCUT2D eigenvalue weighted by atomic mass is 32.1. The minimum absolute atomic E-state index is 0.182. The molecule has 2 aromatic rings. The summed E-state index contributed by atoms with van der Waals surface area (Å²) in [5, 5.41) is 13.4. The van der Waals surface area contributed by atoms with Crippen molar-refractivity contribution in [3.05, 3.63) is 35.2 Å². The Morgan fingerprint density at radius 2 is 2.12 bits per heavy atom. The molecule has 16 heavy (non-hydrogen) atoms. The Kier molecular flexibility index (Phi) is 3.97. The first-order chi connectivity index (χ1) is 7.81. The van der Waals surface area contributed by atoms with Crippen LogP contribution in [0.5, 0.6) is 0 Å². The first-order valence-electron chi connectivity index (χ1n) is 5.94. The zero-order valence-electron chi connectivity index (χ0n) is 9.65. The van der Waals surface area contributed by atoms with E-state index in [4.69, 9.17) is 0 Å². The van der Waals surface area contributed by atoms with Gasteiger partial charge in [0, 0.05) is 4.70 Å². The minimum Gasteiger partial charge on any atom is -0.393 e. The van der Waals surface area contributed by atoms with Crippen LogP contribution in [-0.4, -0.2) is 11.2 Å². The van der Waals surface area contributed by atoms with Gasteiger partial charge in [-0.1, -0.05) is 38.0 Å². The third kappa shape index (κ3) is 2.63. The molecule has 86 valence electrons. The normalized spacial score (nSPS) is 13.1. The summed E-state index contributed by atoms with van der Waals surface area (Å²) in [5.41, 5.74) is 1.30. The molecule has 0 aliphatic heterocycles. The predicted octanol–water partition coefficient (Wildman–Crippen LogP) is 3.99. The molecule has 1 heterocycles. The van der Waals surface area contributed by atoms with Crippen LogP contribution in [0, 0.1) is 0 Å². The first kappa shape index (κ1) is 11.6. The molecular weight excluding hydrogens is 216 g/mol. The van der Waals surface area contributed by atoms with Crippen LogP contribution in [0.1, 0.15) is 31.7 Å². The Balaban J connectivity index is 2.09. The van der Waals surface area contributed by atoms with Crippen molar-refractivity contribution in [1.82, 2.24) is 0 Å². The maximum Gasteiger partial charge on any atom is 0.0581 e. The quantitative estimate of drug-likeness (QED) is 0.829. The minimum atomic E-state index is -0.182. The molecule has 1 unspecified atom stereocenters. The maximum absolute atomic E-state index is 9.92. The standard InChI is InChI=1S/C14H18OS/c1-2-3-6-12(15)9-11-10-16-14-8-5-4-7-13(11)14/h4-5,7-8,10,12,15H,2-3,6,9H2,1H3. The average Bonchev–Trinajstić information content (AvgIpc) is 2.70. The Hall–Kier alpha value is -0.860. The van der Waals surface area contributed by atoms with Gasteiger partial charge in [-0.3, -0.25) is 0 Å². The Morgan fingerprint density at radius 1 is 1.31 bits per heavy atom. The molecule has 1 atom stereocenters. The van der Waals surface area contributed by atoms with Crippen LogP contribution in [-0.2, 0) is 6.42 Å². The van der Waals surface area contributed by atoms with Crippen molar-refractivity contribution >= 4 is 21.4 Å². The van der Waals surface area contributed by atoms with E-state index in [1.54, 1.807) is 11.3 Å². The van der Waals surface area contributed by atoms with E-state index in [2.05, 4.69) is 36.6 Å². The van der Waals surface area contributed by atoms with Gasteiger partial charge >= 0.3 is 0 Å². The van der Waals surface area contributed by atoms with Crippen LogP contribution in [0.4, 0.5) is 0 Å². The Bertz CT molecular complexity index is 447. The molecule has 0 aliphatic carbocycles. The number of fused-ring (bicyclic) bond motifs is 1. The van der Waals surface area contributed by atoms with Gasteiger partial charge in [0.15, 0.2) is 0 Å². The third-order valence-electron chi connectivity index (χ3n) is 2.91. The Labute approximate surface area is 101 Å². The number of aliphatic hydroxyl groups is 1. The average molecular weight is 234 g/mol. The van der Waals surface area contributed by atoms with E-state index in [-0.39, 0.29) is 6.10 Å². The van der Waals surface area contributed by atoms with Crippen LogP contribution >= 0.6 is 11.3 Å². The molecule has 1 N–H and O–H groups in total. The summed E-state index contributed by atoms with van der Waals surface area (Å²) >= 11 is 1.77. The molecule has 0 saturated carbocycles. The molecule has 0 radical (unpaired) electrons. The van der Waals surface area contributed by atoms with Crippen molar-refractivity contribution in [2.45, 2.75) is 38.7 Å². The fourth-order valence-corrected chi connectivity index (χ4v) is 2.96. The van der Waals surface area contributed by atoms with Crippen molar-refractivity contribution in [1.29, 1.82) is 0 Å². The van der Waals surface area contributed by atoms with Crippen molar-refractivity contribution in [2.24, 2.45) is 0 Å². The molecule has 0 spiro atoms. The number of rotatable bonds is 5. The highest BCUT2D eigenvalue weighted by Gasteiger charge is 2.09. The van der Waals surface area contributed by atoms with Gasteiger partial charge in [0.25, 0.3) is 0 Å². The lowest BCUT2D eigenvalue weighted by Crippen LogP contribution is -2.09. The lowest BCUT2D eigenvalue weighted by Gasteiger charge is -2.08. The second-order valence-corrected chi connectivity index (χ2v) is 5.17. The van der Waals surface area contributed by atoms with Gasteiger partial charge in [0.05, 0.1) is 6.10 Å². The summed E-state index contributed by atoms with van der Waals surface area (Å²) in [6.07, 6.45) is 3.80. The molecular formula is C14H18OS. The molecule has 1 aromatic heterocycles. The number of aliphatic hydroxyl groups excluding tert-OH is 1. The van der Waals surface area contributed by atoms with Gasteiger partial charge in [0.1, 0.15) is 0 Å². The predicted molar refractivity (Wildman–Crippen MR) is 71.1 cm³/mol. The van der Waals surface area contributed by atoms with E-state index in [9.17, 15) is 5.11 Å². The highest BCUT2D eigenvalue weighted by Crippen LogP contribution is 2.27.